The fourth-order valence-electron chi connectivity index (χ4n) is 9.22. The number of aliphatic imine (C=N–C) groups is 1. The average Bonchev–Trinajstić information content (AvgIpc) is 3.66. The zero-order valence-electron chi connectivity index (χ0n) is 26.2. The number of thiol groups is 1. The van der Waals surface area contributed by atoms with Crippen molar-refractivity contribution in [1.29, 1.82) is 0 Å². The Balaban J connectivity index is 1.31. The van der Waals surface area contributed by atoms with Gasteiger partial charge >= 0.3 is 5.97 Å². The third-order valence-corrected chi connectivity index (χ3v) is 11.7. The molecule has 46 heavy (non-hydrogen) atoms. The van der Waals surface area contributed by atoms with Crippen molar-refractivity contribution < 1.29 is 33.0 Å². The number of halogens is 1. The summed E-state index contributed by atoms with van der Waals surface area (Å²) in [6, 6.07) is 7.81. The van der Waals surface area contributed by atoms with E-state index in [0.29, 0.717) is 37.1 Å². The summed E-state index contributed by atoms with van der Waals surface area (Å²) in [6.45, 7) is 8.22. The SMILES string of the molecule is C=CCOCc1cc(N=C2C=C3CCC4C(C(O)CC5(C)C4CCC5(OC(=O)c4ccco4)C(=O)S)C3(C)CC2=CN)ccc1F. The van der Waals surface area contributed by atoms with Gasteiger partial charge in [0, 0.05) is 11.0 Å². The number of aliphatic hydroxyl groups excluding tert-OH is 1. The number of fused-ring (bicyclic) bond motifs is 5. The fourth-order valence-corrected chi connectivity index (χ4v) is 9.63. The number of rotatable bonds is 8. The Morgan fingerprint density at radius 3 is 2.78 bits per heavy atom. The lowest BCUT2D eigenvalue weighted by atomic mass is 9.45. The highest BCUT2D eigenvalue weighted by atomic mass is 32.1. The number of aliphatic hydroxyl groups is 1. The third-order valence-electron chi connectivity index (χ3n) is 11.3. The normalized spacial score (nSPS) is 35.2. The van der Waals surface area contributed by atoms with E-state index >= 15 is 0 Å². The molecule has 0 spiro atoms. The maximum absolute atomic E-state index is 14.5. The molecule has 1 aromatic carbocycles. The Bertz CT molecular complexity index is 1630. The molecule has 3 saturated carbocycles. The number of carbonyl (C=O) groups is 2. The van der Waals surface area contributed by atoms with Gasteiger partial charge in [-0.3, -0.25) is 4.79 Å². The lowest BCUT2D eigenvalue weighted by Gasteiger charge is -2.60. The first-order chi connectivity index (χ1) is 22.0. The zero-order chi connectivity index (χ0) is 32.9. The molecule has 3 fully saturated rings. The van der Waals surface area contributed by atoms with Crippen LogP contribution in [0.15, 0.2) is 82.1 Å². The van der Waals surface area contributed by atoms with Gasteiger partial charge in [0.15, 0.2) is 5.60 Å². The van der Waals surface area contributed by atoms with E-state index in [1.807, 2.05) is 6.92 Å². The molecule has 4 aliphatic carbocycles. The van der Waals surface area contributed by atoms with Gasteiger partial charge in [-0.1, -0.05) is 25.5 Å². The Hall–Kier alpha value is -3.47. The average molecular weight is 649 g/mol. The number of nitrogens with two attached hydrogens (primary N) is 1. The Labute approximate surface area is 274 Å². The van der Waals surface area contributed by atoms with Gasteiger partial charge in [-0.25, -0.2) is 14.2 Å². The first-order valence-corrected chi connectivity index (χ1v) is 16.3. The lowest BCUT2D eigenvalue weighted by molar-refractivity contribution is -0.174. The Kier molecular flexibility index (Phi) is 8.67. The number of hydrogen-bond donors (Lipinski definition) is 3. The highest BCUT2D eigenvalue weighted by molar-refractivity contribution is 7.96. The molecule has 10 heteroatoms. The van der Waals surface area contributed by atoms with Crippen LogP contribution >= 0.6 is 12.6 Å². The van der Waals surface area contributed by atoms with Gasteiger partial charge in [-0.05, 0) is 110 Å². The Morgan fingerprint density at radius 1 is 1.28 bits per heavy atom. The summed E-state index contributed by atoms with van der Waals surface area (Å²) in [6.07, 6.45) is 9.36. The minimum Gasteiger partial charge on any atom is -0.457 e. The van der Waals surface area contributed by atoms with Crippen LogP contribution in [0, 0.1) is 34.4 Å². The van der Waals surface area contributed by atoms with E-state index in [2.05, 4.69) is 32.2 Å². The largest absolute Gasteiger partial charge is 0.457 e. The predicted molar refractivity (Wildman–Crippen MR) is 175 cm³/mol. The van der Waals surface area contributed by atoms with Crippen molar-refractivity contribution >= 4 is 35.1 Å². The second-order valence-corrected chi connectivity index (χ2v) is 14.0. The minimum absolute atomic E-state index is 0.0221. The summed E-state index contributed by atoms with van der Waals surface area (Å²) in [5.41, 5.74) is 7.27. The molecule has 0 radical (unpaired) electrons. The number of hydrogen-bond acceptors (Lipinski definition) is 8. The van der Waals surface area contributed by atoms with E-state index in [9.17, 15) is 19.1 Å². The van der Waals surface area contributed by atoms with Crippen LogP contribution in [0.3, 0.4) is 0 Å². The van der Waals surface area contributed by atoms with Crippen molar-refractivity contribution in [3.05, 3.63) is 89.8 Å². The monoisotopic (exact) mass is 648 g/mol. The lowest BCUT2D eigenvalue weighted by Crippen LogP contribution is -2.62. The quantitative estimate of drug-likeness (QED) is 0.127. The molecule has 6 rings (SSSR count). The summed E-state index contributed by atoms with van der Waals surface area (Å²) in [5.74, 6) is -1.04. The van der Waals surface area contributed by atoms with Crippen molar-refractivity contribution in [2.75, 3.05) is 6.61 Å². The van der Waals surface area contributed by atoms with Crippen LogP contribution in [-0.2, 0) is 20.9 Å². The minimum atomic E-state index is -1.48. The maximum Gasteiger partial charge on any atom is 0.375 e. The molecule has 7 atom stereocenters. The highest BCUT2D eigenvalue weighted by Crippen LogP contribution is 2.69. The third kappa shape index (κ3) is 5.18. The molecule has 3 N–H and O–H groups in total. The molecule has 8 nitrogen and oxygen atoms in total. The Morgan fingerprint density at radius 2 is 2.09 bits per heavy atom. The summed E-state index contributed by atoms with van der Waals surface area (Å²) >= 11 is 4.26. The van der Waals surface area contributed by atoms with Crippen molar-refractivity contribution in [3.8, 4) is 0 Å². The number of benzene rings is 1. The van der Waals surface area contributed by atoms with Gasteiger partial charge in [0.2, 0.25) is 10.9 Å². The second kappa shape index (κ2) is 12.3. The van der Waals surface area contributed by atoms with E-state index < -0.39 is 33.6 Å². The second-order valence-electron chi connectivity index (χ2n) is 13.6. The fraction of sp³-hybridized carbons (Fsp3) is 0.472. The van der Waals surface area contributed by atoms with Gasteiger partial charge < -0.3 is 24.7 Å². The zero-order valence-corrected chi connectivity index (χ0v) is 27.1. The maximum atomic E-state index is 14.5. The van der Waals surface area contributed by atoms with Gasteiger partial charge in [-0.15, -0.1) is 19.2 Å². The molecule has 2 aromatic rings. The molecule has 4 aliphatic rings. The van der Waals surface area contributed by atoms with E-state index in [1.165, 1.54) is 24.0 Å². The van der Waals surface area contributed by atoms with Crippen molar-refractivity contribution in [2.24, 2.45) is 39.3 Å². The van der Waals surface area contributed by atoms with Crippen molar-refractivity contribution in [1.82, 2.24) is 0 Å². The predicted octanol–water partition coefficient (Wildman–Crippen LogP) is 6.63. The van der Waals surface area contributed by atoms with Crippen LogP contribution in [0.25, 0.3) is 0 Å². The van der Waals surface area contributed by atoms with Gasteiger partial charge in [0.05, 0.1) is 37.0 Å². The number of carbonyl (C=O) groups excluding carboxylic acids is 2. The smallest absolute Gasteiger partial charge is 0.375 e. The van der Waals surface area contributed by atoms with Crippen LogP contribution in [-0.4, -0.2) is 40.2 Å². The molecule has 0 bridgehead atoms. The number of ether oxygens (including phenoxy) is 2. The van der Waals surface area contributed by atoms with Gasteiger partial charge in [0.25, 0.3) is 0 Å². The number of esters is 1. The summed E-state index contributed by atoms with van der Waals surface area (Å²) < 4.78 is 31.2. The first-order valence-electron chi connectivity index (χ1n) is 15.8. The molecule has 0 aliphatic heterocycles. The van der Waals surface area contributed by atoms with E-state index in [1.54, 1.807) is 30.5 Å². The van der Waals surface area contributed by atoms with E-state index in [4.69, 9.17) is 24.6 Å². The van der Waals surface area contributed by atoms with Crippen molar-refractivity contribution in [3.63, 3.8) is 0 Å². The van der Waals surface area contributed by atoms with Crippen LogP contribution in [0.5, 0.6) is 0 Å². The first kappa shape index (κ1) is 32.5. The van der Waals surface area contributed by atoms with Gasteiger partial charge in [-0.2, -0.15) is 0 Å². The molecular formula is C36H41FN2O6S. The molecule has 1 aromatic heterocycles. The summed E-state index contributed by atoms with van der Waals surface area (Å²) in [7, 11) is 0. The summed E-state index contributed by atoms with van der Waals surface area (Å²) in [4.78, 5) is 31.2. The van der Waals surface area contributed by atoms with Crippen molar-refractivity contribution in [2.45, 2.75) is 70.7 Å². The van der Waals surface area contributed by atoms with E-state index in [-0.39, 0.29) is 42.4 Å². The molecular weight excluding hydrogens is 607 g/mol. The van der Waals surface area contributed by atoms with Crippen LogP contribution in [0.2, 0.25) is 0 Å². The molecule has 1 heterocycles. The molecule has 244 valence electrons. The van der Waals surface area contributed by atoms with Crippen LogP contribution < -0.4 is 5.73 Å². The summed E-state index contributed by atoms with van der Waals surface area (Å²) in [5, 5.41) is 11.5. The topological polar surface area (TPSA) is 124 Å². The number of furan rings is 1. The molecule has 7 unspecified atom stereocenters. The number of nitrogens with zero attached hydrogens (tertiary/aromatic N) is 1. The van der Waals surface area contributed by atoms with Crippen LogP contribution in [0.1, 0.15) is 68.5 Å². The highest BCUT2D eigenvalue weighted by Gasteiger charge is 2.70. The standard InChI is InChI=1S/C36H41FN2O6S/c1-4-13-43-20-21-15-24(8-10-27(21)37)39-28-16-23-7-9-25-26-11-12-36(33(42)46,45-32(41)30-6-5-14-44-30)35(26,3)18-29(40)31(25)34(23,2)17-22(28)19-38/h4-6,8,10,14-16,19,25-26,29,31,40H,1,7,9,11-13,17-18,20,38H2,2-3H3,(H,42,46). The molecule has 0 saturated heterocycles. The van der Waals surface area contributed by atoms with Crippen LogP contribution in [0.4, 0.5) is 10.1 Å². The van der Waals surface area contributed by atoms with Gasteiger partial charge in [0.1, 0.15) is 5.82 Å². The number of allylic oxidation sites excluding steroid dienone is 3. The van der Waals surface area contributed by atoms with E-state index in [0.717, 1.165) is 24.1 Å². The molecule has 0 amide bonds.